The first-order valence-electron chi connectivity index (χ1n) is 10.0. The predicted octanol–water partition coefficient (Wildman–Crippen LogP) is 3.09. The smallest absolute Gasteiger partial charge is 0.241 e. The van der Waals surface area contributed by atoms with Crippen LogP contribution in [0.25, 0.3) is 0 Å². The molecule has 1 unspecified atom stereocenters. The minimum atomic E-state index is -3.75. The van der Waals surface area contributed by atoms with Gasteiger partial charge in [0.2, 0.25) is 16.9 Å². The lowest BCUT2D eigenvalue weighted by Crippen LogP contribution is -2.24. The summed E-state index contributed by atoms with van der Waals surface area (Å²) in [6.07, 6.45) is 0.304. The molecular formula is C22H22N4O4S2. The quantitative estimate of drug-likeness (QED) is 0.593. The van der Waals surface area contributed by atoms with E-state index in [9.17, 15) is 18.0 Å². The minimum absolute atomic E-state index is 0.00902. The van der Waals surface area contributed by atoms with Gasteiger partial charge in [0.1, 0.15) is 10.8 Å². The zero-order chi connectivity index (χ0) is 22.9. The second-order valence-electron chi connectivity index (χ2n) is 7.82. The van der Waals surface area contributed by atoms with Crippen molar-refractivity contribution in [2.75, 3.05) is 22.5 Å². The Labute approximate surface area is 190 Å². The van der Waals surface area contributed by atoms with Gasteiger partial charge in [-0.05, 0) is 49.2 Å². The highest BCUT2D eigenvalue weighted by atomic mass is 32.2. The number of carbonyl (C=O) groups is 2. The van der Waals surface area contributed by atoms with Gasteiger partial charge in [0.15, 0.2) is 9.84 Å². The maximum atomic E-state index is 12.6. The second-order valence-corrected chi connectivity index (χ2v) is 10.8. The van der Waals surface area contributed by atoms with Crippen molar-refractivity contribution in [1.29, 1.82) is 0 Å². The van der Waals surface area contributed by atoms with Crippen LogP contribution in [-0.2, 0) is 19.4 Å². The zero-order valence-corrected chi connectivity index (χ0v) is 19.2. The number of aryl methyl sites for hydroxylation is 2. The summed E-state index contributed by atoms with van der Waals surface area (Å²) in [6, 6.07) is 13.8. The van der Waals surface area contributed by atoms with Gasteiger partial charge in [0.25, 0.3) is 0 Å². The Bertz CT molecular complexity index is 1250. The van der Waals surface area contributed by atoms with Crippen molar-refractivity contribution in [3.63, 3.8) is 0 Å². The number of benzene rings is 2. The molecule has 2 amide bonds. The van der Waals surface area contributed by atoms with E-state index in [1.807, 2.05) is 26.0 Å². The highest BCUT2D eigenvalue weighted by Crippen LogP contribution is 2.34. The Kier molecular flexibility index (Phi) is 6.07. The average molecular weight is 471 g/mol. The molecule has 166 valence electrons. The fourth-order valence-electron chi connectivity index (χ4n) is 3.72. The molecule has 0 bridgehead atoms. The summed E-state index contributed by atoms with van der Waals surface area (Å²) in [5.41, 5.74) is 3.03. The van der Waals surface area contributed by atoms with Crippen LogP contribution in [0.15, 0.2) is 53.4 Å². The fourth-order valence-corrected chi connectivity index (χ4v) is 5.72. The van der Waals surface area contributed by atoms with E-state index < -0.39 is 21.5 Å². The van der Waals surface area contributed by atoms with Crippen molar-refractivity contribution in [1.82, 2.24) is 10.2 Å². The highest BCUT2D eigenvalue weighted by molar-refractivity contribution is 7.92. The van der Waals surface area contributed by atoms with Crippen LogP contribution in [0.1, 0.15) is 28.5 Å². The Morgan fingerprint density at radius 1 is 1.12 bits per heavy atom. The standard InChI is InChI=1S/C22H22N4O4S2/c1-14-8-15(2)10-17(9-14)26-12-16(11-20(26)28)21-24-25-22(31-21)23-19(27)13-32(29,30)18-6-4-3-5-7-18/h3-10,16H,11-13H2,1-2H3,(H,23,25,27). The van der Waals surface area contributed by atoms with Gasteiger partial charge in [-0.15, -0.1) is 10.2 Å². The van der Waals surface area contributed by atoms with Crippen molar-refractivity contribution >= 4 is 43.8 Å². The normalized spacial score (nSPS) is 16.4. The van der Waals surface area contributed by atoms with Crippen molar-refractivity contribution in [2.24, 2.45) is 0 Å². The Hall–Kier alpha value is -3.11. The van der Waals surface area contributed by atoms with Crippen LogP contribution in [0.5, 0.6) is 0 Å². The monoisotopic (exact) mass is 470 g/mol. The largest absolute Gasteiger partial charge is 0.312 e. The summed E-state index contributed by atoms with van der Waals surface area (Å²) >= 11 is 1.16. The highest BCUT2D eigenvalue weighted by Gasteiger charge is 2.34. The fraction of sp³-hybridized carbons (Fsp3) is 0.273. The first kappa shape index (κ1) is 22.1. The predicted molar refractivity (Wildman–Crippen MR) is 123 cm³/mol. The average Bonchev–Trinajstić information content (AvgIpc) is 3.34. The number of anilines is 2. The molecule has 3 aromatic rings. The molecule has 0 radical (unpaired) electrons. The Balaban J connectivity index is 1.42. The molecule has 1 aliphatic heterocycles. The summed E-state index contributed by atoms with van der Waals surface area (Å²) in [7, 11) is -3.75. The Morgan fingerprint density at radius 3 is 2.50 bits per heavy atom. The van der Waals surface area contributed by atoms with E-state index in [4.69, 9.17) is 0 Å². The first-order valence-corrected chi connectivity index (χ1v) is 12.5. The number of hydrogen-bond acceptors (Lipinski definition) is 7. The van der Waals surface area contributed by atoms with Crippen LogP contribution < -0.4 is 10.2 Å². The lowest BCUT2D eigenvalue weighted by atomic mass is 10.1. The molecule has 1 atom stereocenters. The van der Waals surface area contributed by atoms with Gasteiger partial charge in [-0.3, -0.25) is 14.9 Å². The van der Waals surface area contributed by atoms with Gasteiger partial charge in [-0.2, -0.15) is 0 Å². The van der Waals surface area contributed by atoms with Gasteiger partial charge in [-0.1, -0.05) is 35.6 Å². The maximum absolute atomic E-state index is 12.6. The number of nitrogens with one attached hydrogen (secondary N) is 1. The van der Waals surface area contributed by atoms with Gasteiger partial charge >= 0.3 is 0 Å². The third kappa shape index (κ3) is 4.86. The van der Waals surface area contributed by atoms with Crippen LogP contribution >= 0.6 is 11.3 Å². The molecule has 2 heterocycles. The molecule has 1 saturated heterocycles. The molecule has 8 nitrogen and oxygen atoms in total. The lowest BCUT2D eigenvalue weighted by molar-refractivity contribution is -0.117. The molecule has 0 aliphatic carbocycles. The molecule has 32 heavy (non-hydrogen) atoms. The number of hydrogen-bond donors (Lipinski definition) is 1. The summed E-state index contributed by atoms with van der Waals surface area (Å²) < 4.78 is 24.7. The number of sulfone groups is 1. The van der Waals surface area contributed by atoms with Crippen LogP contribution in [0, 0.1) is 13.8 Å². The molecule has 1 aliphatic rings. The second kappa shape index (κ2) is 8.79. The van der Waals surface area contributed by atoms with Crippen molar-refractivity contribution in [3.8, 4) is 0 Å². The number of carbonyl (C=O) groups excluding carboxylic acids is 2. The van der Waals surface area contributed by atoms with Crippen LogP contribution in [0.2, 0.25) is 0 Å². The summed E-state index contributed by atoms with van der Waals surface area (Å²) in [4.78, 5) is 26.7. The third-order valence-corrected chi connectivity index (χ3v) is 7.74. The van der Waals surface area contributed by atoms with Crippen LogP contribution in [0.4, 0.5) is 10.8 Å². The summed E-state index contributed by atoms with van der Waals surface area (Å²) in [6.45, 7) is 4.46. The van der Waals surface area contributed by atoms with E-state index in [0.717, 1.165) is 28.2 Å². The topological polar surface area (TPSA) is 109 Å². The molecule has 0 saturated carbocycles. The molecule has 4 rings (SSSR count). The molecule has 1 aromatic heterocycles. The third-order valence-electron chi connectivity index (χ3n) is 5.10. The van der Waals surface area contributed by atoms with E-state index in [1.165, 1.54) is 12.1 Å². The first-order chi connectivity index (χ1) is 15.2. The van der Waals surface area contributed by atoms with Crippen molar-refractivity contribution in [2.45, 2.75) is 31.1 Å². The molecule has 1 N–H and O–H groups in total. The van der Waals surface area contributed by atoms with E-state index >= 15 is 0 Å². The Morgan fingerprint density at radius 2 is 1.81 bits per heavy atom. The SMILES string of the molecule is Cc1cc(C)cc(N2CC(c3nnc(NC(=O)CS(=O)(=O)c4ccccc4)s3)CC2=O)c1. The van der Waals surface area contributed by atoms with Crippen LogP contribution in [-0.4, -0.2) is 42.7 Å². The summed E-state index contributed by atoms with van der Waals surface area (Å²) in [5, 5.41) is 11.4. The van der Waals surface area contributed by atoms with Crippen LogP contribution in [0.3, 0.4) is 0 Å². The van der Waals surface area contributed by atoms with Gasteiger partial charge in [0.05, 0.1) is 4.90 Å². The lowest BCUT2D eigenvalue weighted by Gasteiger charge is -2.17. The van der Waals surface area contributed by atoms with E-state index in [0.29, 0.717) is 18.0 Å². The van der Waals surface area contributed by atoms with Gasteiger partial charge in [-0.25, -0.2) is 8.42 Å². The van der Waals surface area contributed by atoms with Crippen molar-refractivity contribution in [3.05, 3.63) is 64.7 Å². The molecule has 10 heteroatoms. The van der Waals surface area contributed by atoms with E-state index in [-0.39, 0.29) is 21.9 Å². The van der Waals surface area contributed by atoms with Gasteiger partial charge in [0, 0.05) is 24.6 Å². The number of amides is 2. The molecule has 2 aromatic carbocycles. The molecule has 0 spiro atoms. The zero-order valence-electron chi connectivity index (χ0n) is 17.6. The number of rotatable bonds is 6. The minimum Gasteiger partial charge on any atom is -0.312 e. The summed E-state index contributed by atoms with van der Waals surface area (Å²) in [5.74, 6) is -1.50. The molecular weight excluding hydrogens is 448 g/mol. The molecule has 1 fully saturated rings. The van der Waals surface area contributed by atoms with Crippen molar-refractivity contribution < 1.29 is 18.0 Å². The van der Waals surface area contributed by atoms with E-state index in [1.54, 1.807) is 23.1 Å². The van der Waals surface area contributed by atoms with Gasteiger partial charge < -0.3 is 4.90 Å². The number of aromatic nitrogens is 2. The maximum Gasteiger partial charge on any atom is 0.241 e. The number of nitrogens with zero attached hydrogens (tertiary/aromatic N) is 3. The van der Waals surface area contributed by atoms with E-state index in [2.05, 4.69) is 21.6 Å².